The number of nitrogens with zero attached hydrogens (tertiary/aromatic N) is 1. The van der Waals surface area contributed by atoms with Gasteiger partial charge in [-0.05, 0) is 69.8 Å². The topological polar surface area (TPSA) is 15.3 Å². The second-order valence-electron chi connectivity index (χ2n) is 7.17. The number of rotatable bonds is 7. The molecule has 0 aliphatic heterocycles. The predicted molar refractivity (Wildman–Crippen MR) is 106 cm³/mol. The number of nitrogens with one attached hydrogen (secondary N) is 1. The summed E-state index contributed by atoms with van der Waals surface area (Å²) in [7, 11) is 2.10. The Hall–Kier alpha value is -0.830. The maximum Gasteiger partial charge on any atom is 0.0467 e. The normalized spacial score (nSPS) is 27.9. The minimum Gasteiger partial charge on any atom is -0.317 e. The van der Waals surface area contributed by atoms with Crippen LogP contribution in [0.3, 0.4) is 0 Å². The zero-order valence-electron chi connectivity index (χ0n) is 15.7. The summed E-state index contributed by atoms with van der Waals surface area (Å²) in [5.74, 6) is 0.657. The first-order valence-electron chi connectivity index (χ1n) is 9.37. The molecule has 0 saturated heterocycles. The predicted octanol–water partition coefficient (Wildman–Crippen LogP) is 5.23. The number of allylic oxidation sites excluding steroid dienone is 1. The molecule has 1 N–H and O–H groups in total. The Bertz CT molecular complexity index is 525. The van der Waals surface area contributed by atoms with Crippen LogP contribution in [0.25, 0.3) is 0 Å². The van der Waals surface area contributed by atoms with Gasteiger partial charge in [0.2, 0.25) is 0 Å². The molecule has 0 aromatic heterocycles. The highest BCUT2D eigenvalue weighted by Gasteiger charge is 2.43. The van der Waals surface area contributed by atoms with E-state index in [2.05, 4.69) is 62.3 Å². The van der Waals surface area contributed by atoms with Gasteiger partial charge in [0.15, 0.2) is 0 Å². The number of benzene rings is 1. The number of halogens is 1. The van der Waals surface area contributed by atoms with Crippen molar-refractivity contribution in [3.8, 4) is 0 Å². The molecule has 0 heterocycles. The van der Waals surface area contributed by atoms with Crippen LogP contribution in [-0.2, 0) is 5.54 Å². The highest BCUT2D eigenvalue weighted by atomic mass is 35.5. The van der Waals surface area contributed by atoms with Gasteiger partial charge in [-0.15, -0.1) is 0 Å². The monoisotopic (exact) mass is 348 g/mol. The molecular weight excluding hydrogens is 316 g/mol. The fraction of sp³-hybridized carbons (Fsp3) is 0.619. The van der Waals surface area contributed by atoms with Crippen molar-refractivity contribution in [2.75, 3.05) is 20.1 Å². The largest absolute Gasteiger partial charge is 0.317 e. The Morgan fingerprint density at radius 2 is 2.04 bits per heavy atom. The van der Waals surface area contributed by atoms with Crippen LogP contribution in [-0.4, -0.2) is 31.1 Å². The molecule has 1 fully saturated rings. The third-order valence-electron chi connectivity index (χ3n) is 5.63. The van der Waals surface area contributed by atoms with Crippen molar-refractivity contribution in [1.29, 1.82) is 0 Å². The fourth-order valence-corrected chi connectivity index (χ4v) is 4.49. The molecule has 1 aromatic rings. The van der Waals surface area contributed by atoms with Crippen LogP contribution < -0.4 is 5.32 Å². The van der Waals surface area contributed by atoms with Gasteiger partial charge < -0.3 is 5.32 Å². The molecule has 0 amide bonds. The summed E-state index contributed by atoms with van der Waals surface area (Å²) in [6, 6.07) is 9.20. The van der Waals surface area contributed by atoms with E-state index >= 15 is 0 Å². The van der Waals surface area contributed by atoms with Crippen LogP contribution in [0.2, 0.25) is 5.02 Å². The van der Waals surface area contributed by atoms with Crippen molar-refractivity contribution in [1.82, 2.24) is 10.2 Å². The summed E-state index contributed by atoms with van der Waals surface area (Å²) in [5.41, 5.74) is 1.54. The van der Waals surface area contributed by atoms with Crippen molar-refractivity contribution in [3.05, 3.63) is 47.0 Å². The first-order chi connectivity index (χ1) is 11.6. The maximum atomic E-state index is 6.16. The summed E-state index contributed by atoms with van der Waals surface area (Å²) in [6.07, 6.45) is 9.25. The lowest BCUT2D eigenvalue weighted by Gasteiger charge is -2.51. The molecule has 3 unspecified atom stereocenters. The quantitative estimate of drug-likeness (QED) is 0.678. The average Bonchev–Trinajstić information content (AvgIpc) is 2.59. The number of hydrogen-bond donors (Lipinski definition) is 1. The van der Waals surface area contributed by atoms with E-state index in [0.717, 1.165) is 18.1 Å². The molecule has 3 heteroatoms. The van der Waals surface area contributed by atoms with Crippen molar-refractivity contribution in [3.63, 3.8) is 0 Å². The van der Waals surface area contributed by atoms with Gasteiger partial charge in [0.1, 0.15) is 0 Å². The lowest BCUT2D eigenvalue weighted by molar-refractivity contribution is 0.0261. The maximum absolute atomic E-state index is 6.16. The first kappa shape index (κ1) is 19.5. The highest BCUT2D eigenvalue weighted by Crippen LogP contribution is 2.45. The molecule has 1 saturated carbocycles. The Morgan fingerprint density at radius 1 is 1.33 bits per heavy atom. The van der Waals surface area contributed by atoms with Gasteiger partial charge in [0.25, 0.3) is 0 Å². The molecular formula is C21H33ClN2. The molecule has 0 spiro atoms. The molecule has 1 aliphatic carbocycles. The first-order valence-corrected chi connectivity index (χ1v) is 9.74. The summed E-state index contributed by atoms with van der Waals surface area (Å²) < 4.78 is 0. The van der Waals surface area contributed by atoms with Crippen LogP contribution >= 0.6 is 11.6 Å². The molecule has 2 rings (SSSR count). The Labute approximate surface area is 153 Å². The third-order valence-corrected chi connectivity index (χ3v) is 5.88. The SMILES string of the molecule is CC=CCN(CCC)C1(c2ccc(Cl)cc2)CCC(NC)C(C)C1. The Balaban J connectivity index is 2.41. The van der Waals surface area contributed by atoms with Crippen LogP contribution in [0.15, 0.2) is 36.4 Å². The van der Waals surface area contributed by atoms with Crippen molar-refractivity contribution in [2.45, 2.75) is 58.0 Å². The van der Waals surface area contributed by atoms with E-state index in [-0.39, 0.29) is 5.54 Å². The summed E-state index contributed by atoms with van der Waals surface area (Å²) in [4.78, 5) is 2.69. The van der Waals surface area contributed by atoms with Gasteiger partial charge in [-0.2, -0.15) is 0 Å². The second-order valence-corrected chi connectivity index (χ2v) is 7.61. The van der Waals surface area contributed by atoms with Crippen LogP contribution in [0.4, 0.5) is 0 Å². The van der Waals surface area contributed by atoms with E-state index in [9.17, 15) is 0 Å². The lowest BCUT2D eigenvalue weighted by atomic mass is 9.69. The average molecular weight is 349 g/mol. The number of hydrogen-bond acceptors (Lipinski definition) is 2. The molecule has 0 bridgehead atoms. The second kappa shape index (κ2) is 9.03. The van der Waals surface area contributed by atoms with Crippen LogP contribution in [0, 0.1) is 5.92 Å². The Morgan fingerprint density at radius 3 is 2.58 bits per heavy atom. The minimum absolute atomic E-state index is 0.118. The van der Waals surface area contributed by atoms with Crippen molar-refractivity contribution in [2.24, 2.45) is 5.92 Å². The zero-order valence-corrected chi connectivity index (χ0v) is 16.4. The summed E-state index contributed by atoms with van der Waals surface area (Å²) in [5, 5.41) is 4.33. The molecule has 0 radical (unpaired) electrons. The highest BCUT2D eigenvalue weighted by molar-refractivity contribution is 6.30. The zero-order chi connectivity index (χ0) is 17.6. The van der Waals surface area contributed by atoms with Crippen molar-refractivity contribution < 1.29 is 0 Å². The molecule has 2 nitrogen and oxygen atoms in total. The van der Waals surface area contributed by atoms with Gasteiger partial charge >= 0.3 is 0 Å². The standard InChI is InChI=1S/C21H33ClN2/c1-5-7-15-24(14-6-2)21(18-8-10-19(22)11-9-18)13-12-20(23-4)17(3)16-21/h5,7-11,17,20,23H,6,12-16H2,1-4H3. The molecule has 1 aliphatic rings. The van der Waals surface area contributed by atoms with E-state index in [4.69, 9.17) is 11.6 Å². The van der Waals surface area contributed by atoms with E-state index in [0.29, 0.717) is 12.0 Å². The van der Waals surface area contributed by atoms with Gasteiger partial charge in [-0.3, -0.25) is 4.90 Å². The van der Waals surface area contributed by atoms with E-state index < -0.39 is 0 Å². The molecule has 134 valence electrons. The van der Waals surface area contributed by atoms with E-state index in [1.165, 1.54) is 31.2 Å². The summed E-state index contributed by atoms with van der Waals surface area (Å²) >= 11 is 6.16. The van der Waals surface area contributed by atoms with E-state index in [1.807, 2.05) is 12.1 Å². The smallest absolute Gasteiger partial charge is 0.0467 e. The summed E-state index contributed by atoms with van der Waals surface area (Å²) in [6.45, 7) is 8.93. The van der Waals surface area contributed by atoms with Gasteiger partial charge in [0.05, 0.1) is 0 Å². The van der Waals surface area contributed by atoms with Crippen molar-refractivity contribution >= 4 is 11.6 Å². The molecule has 1 aromatic carbocycles. The van der Waals surface area contributed by atoms with Gasteiger partial charge in [-0.25, -0.2) is 0 Å². The van der Waals surface area contributed by atoms with E-state index in [1.54, 1.807) is 0 Å². The minimum atomic E-state index is 0.118. The lowest BCUT2D eigenvalue weighted by Crippen LogP contribution is -2.53. The molecule has 24 heavy (non-hydrogen) atoms. The van der Waals surface area contributed by atoms with Gasteiger partial charge in [0, 0.05) is 23.1 Å². The van der Waals surface area contributed by atoms with Gasteiger partial charge in [-0.1, -0.05) is 49.7 Å². The molecule has 3 atom stereocenters. The Kier molecular flexibility index (Phi) is 7.34. The fourth-order valence-electron chi connectivity index (χ4n) is 4.36. The van der Waals surface area contributed by atoms with Crippen LogP contribution in [0.1, 0.15) is 52.0 Å². The van der Waals surface area contributed by atoms with Crippen LogP contribution in [0.5, 0.6) is 0 Å². The third kappa shape index (κ3) is 4.22.